The van der Waals surface area contributed by atoms with Crippen LogP contribution in [0, 0.1) is 5.82 Å². The topological polar surface area (TPSA) is 32.3 Å². The molecular weight excluding hydrogens is 335 g/mol. The minimum absolute atomic E-state index is 0.130. The monoisotopic (exact) mass is 354 g/mol. The number of halogens is 2. The van der Waals surface area contributed by atoms with Crippen molar-refractivity contribution in [3.8, 4) is 0 Å². The van der Waals surface area contributed by atoms with Crippen molar-refractivity contribution in [2.24, 2.45) is 0 Å². The largest absolute Gasteiger partial charge is 0.330 e. The fraction of sp³-hybridized carbons (Fsp3) is 0.562. The highest BCUT2D eigenvalue weighted by atomic mass is 79.9. The summed E-state index contributed by atoms with van der Waals surface area (Å²) in [5.41, 5.74) is 0.0410. The van der Waals surface area contributed by atoms with E-state index in [2.05, 4.69) is 21.2 Å². The molecule has 0 radical (unpaired) electrons. The Labute approximate surface area is 133 Å². The summed E-state index contributed by atoms with van der Waals surface area (Å²) in [5, 5.41) is 3.41. The predicted octanol–water partition coefficient (Wildman–Crippen LogP) is 3.34. The molecule has 0 bridgehead atoms. The SMILES string of the molecule is O=C(c1c(F)cccc1Br)N1CCNCC12CCCCC2. The van der Waals surface area contributed by atoms with Crippen LogP contribution >= 0.6 is 15.9 Å². The average Bonchev–Trinajstić information content (AvgIpc) is 2.48. The lowest BCUT2D eigenvalue weighted by Crippen LogP contribution is -2.63. The number of amides is 1. The van der Waals surface area contributed by atoms with Crippen molar-refractivity contribution in [1.82, 2.24) is 10.2 Å². The van der Waals surface area contributed by atoms with Crippen LogP contribution in [0.3, 0.4) is 0 Å². The number of benzene rings is 1. The van der Waals surface area contributed by atoms with Gasteiger partial charge in [0.05, 0.1) is 11.1 Å². The molecule has 3 nitrogen and oxygen atoms in total. The van der Waals surface area contributed by atoms with Crippen LogP contribution in [-0.4, -0.2) is 36.0 Å². The third-order valence-corrected chi connectivity index (χ3v) is 5.41. The number of nitrogens with zero attached hydrogens (tertiary/aromatic N) is 1. The third-order valence-electron chi connectivity index (χ3n) is 4.74. The molecule has 3 rings (SSSR count). The number of carbonyl (C=O) groups is 1. The van der Waals surface area contributed by atoms with Gasteiger partial charge in [-0.1, -0.05) is 25.3 Å². The molecule has 1 aliphatic heterocycles. The van der Waals surface area contributed by atoms with Crippen molar-refractivity contribution in [3.63, 3.8) is 0 Å². The van der Waals surface area contributed by atoms with E-state index in [-0.39, 0.29) is 17.0 Å². The van der Waals surface area contributed by atoms with Crippen LogP contribution in [-0.2, 0) is 0 Å². The quantitative estimate of drug-likeness (QED) is 0.838. The molecular formula is C16H20BrFN2O. The van der Waals surface area contributed by atoms with E-state index in [0.29, 0.717) is 11.0 Å². The number of piperazine rings is 1. The van der Waals surface area contributed by atoms with E-state index >= 15 is 0 Å². The highest BCUT2D eigenvalue weighted by Crippen LogP contribution is 2.36. The van der Waals surface area contributed by atoms with Gasteiger partial charge in [0, 0.05) is 24.1 Å². The van der Waals surface area contributed by atoms with E-state index in [0.717, 1.165) is 38.8 Å². The zero-order valence-electron chi connectivity index (χ0n) is 12.0. The summed E-state index contributed by atoms with van der Waals surface area (Å²) >= 11 is 3.32. The van der Waals surface area contributed by atoms with E-state index in [4.69, 9.17) is 0 Å². The van der Waals surface area contributed by atoms with Crippen molar-refractivity contribution >= 4 is 21.8 Å². The fourth-order valence-electron chi connectivity index (χ4n) is 3.66. The lowest BCUT2D eigenvalue weighted by Gasteiger charge is -2.50. The first kappa shape index (κ1) is 15.0. The van der Waals surface area contributed by atoms with Crippen molar-refractivity contribution in [2.45, 2.75) is 37.6 Å². The van der Waals surface area contributed by atoms with E-state index in [1.165, 1.54) is 12.5 Å². The molecule has 1 heterocycles. The smallest absolute Gasteiger partial charge is 0.258 e. The molecule has 1 N–H and O–H groups in total. The summed E-state index contributed by atoms with van der Waals surface area (Å²) in [6.45, 7) is 2.25. The Morgan fingerprint density at radius 1 is 1.29 bits per heavy atom. The van der Waals surface area contributed by atoms with Gasteiger partial charge in [-0.15, -0.1) is 0 Å². The summed E-state index contributed by atoms with van der Waals surface area (Å²) in [4.78, 5) is 14.9. The Kier molecular flexibility index (Phi) is 4.31. The molecule has 1 saturated carbocycles. The van der Waals surface area contributed by atoms with Crippen molar-refractivity contribution in [1.29, 1.82) is 0 Å². The van der Waals surface area contributed by atoms with E-state index in [1.807, 2.05) is 4.90 Å². The first-order valence-electron chi connectivity index (χ1n) is 7.61. The van der Waals surface area contributed by atoms with Crippen LogP contribution < -0.4 is 5.32 Å². The summed E-state index contributed by atoms with van der Waals surface area (Å²) < 4.78 is 14.7. The van der Waals surface area contributed by atoms with Crippen molar-refractivity contribution < 1.29 is 9.18 Å². The summed E-state index contributed by atoms with van der Waals surface area (Å²) in [7, 11) is 0. The van der Waals surface area contributed by atoms with Gasteiger partial charge in [-0.2, -0.15) is 0 Å². The third kappa shape index (κ3) is 2.73. The second-order valence-electron chi connectivity index (χ2n) is 6.02. The van der Waals surface area contributed by atoms with Crippen LogP contribution in [0.15, 0.2) is 22.7 Å². The molecule has 2 fully saturated rings. The van der Waals surface area contributed by atoms with Gasteiger partial charge in [-0.3, -0.25) is 4.79 Å². The Morgan fingerprint density at radius 2 is 2.05 bits per heavy atom. The second-order valence-corrected chi connectivity index (χ2v) is 6.87. The first-order valence-corrected chi connectivity index (χ1v) is 8.40. The molecule has 0 atom stereocenters. The van der Waals surface area contributed by atoms with Gasteiger partial charge in [-0.05, 0) is 40.9 Å². The average molecular weight is 355 g/mol. The Bertz CT molecular complexity index is 515. The molecule has 21 heavy (non-hydrogen) atoms. The van der Waals surface area contributed by atoms with Gasteiger partial charge >= 0.3 is 0 Å². The van der Waals surface area contributed by atoms with Gasteiger partial charge < -0.3 is 10.2 Å². The van der Waals surface area contributed by atoms with Crippen LogP contribution in [0.5, 0.6) is 0 Å². The van der Waals surface area contributed by atoms with Crippen LogP contribution in [0.2, 0.25) is 0 Å². The van der Waals surface area contributed by atoms with E-state index in [1.54, 1.807) is 12.1 Å². The minimum Gasteiger partial charge on any atom is -0.330 e. The van der Waals surface area contributed by atoms with Gasteiger partial charge in [0.15, 0.2) is 0 Å². The lowest BCUT2D eigenvalue weighted by molar-refractivity contribution is 0.0218. The Morgan fingerprint density at radius 3 is 2.76 bits per heavy atom. The van der Waals surface area contributed by atoms with Crippen LogP contribution in [0.4, 0.5) is 4.39 Å². The maximum Gasteiger partial charge on any atom is 0.258 e. The van der Waals surface area contributed by atoms with Gasteiger partial charge in [0.25, 0.3) is 5.91 Å². The zero-order valence-corrected chi connectivity index (χ0v) is 13.6. The lowest BCUT2D eigenvalue weighted by atomic mass is 9.78. The van der Waals surface area contributed by atoms with Crippen LogP contribution in [0.1, 0.15) is 42.5 Å². The molecule has 0 aromatic heterocycles. The van der Waals surface area contributed by atoms with Gasteiger partial charge in [0.2, 0.25) is 0 Å². The van der Waals surface area contributed by atoms with E-state index < -0.39 is 5.82 Å². The summed E-state index contributed by atoms with van der Waals surface area (Å²) in [5.74, 6) is -0.623. The molecule has 1 aromatic carbocycles. The summed E-state index contributed by atoms with van der Waals surface area (Å²) in [6.07, 6.45) is 5.54. The maximum absolute atomic E-state index is 14.1. The minimum atomic E-state index is -0.445. The maximum atomic E-state index is 14.1. The van der Waals surface area contributed by atoms with Crippen LogP contribution in [0.25, 0.3) is 0 Å². The Hall–Kier alpha value is -0.940. The highest BCUT2D eigenvalue weighted by molar-refractivity contribution is 9.10. The summed E-state index contributed by atoms with van der Waals surface area (Å²) in [6, 6.07) is 4.70. The van der Waals surface area contributed by atoms with Gasteiger partial charge in [0.1, 0.15) is 5.82 Å². The molecule has 1 aromatic rings. The molecule has 5 heteroatoms. The predicted molar refractivity (Wildman–Crippen MR) is 83.8 cm³/mol. The van der Waals surface area contributed by atoms with Crippen molar-refractivity contribution in [2.75, 3.05) is 19.6 Å². The molecule has 1 spiro atoms. The van der Waals surface area contributed by atoms with Crippen molar-refractivity contribution in [3.05, 3.63) is 34.1 Å². The molecule has 1 saturated heterocycles. The Balaban J connectivity index is 1.95. The number of hydrogen-bond donors (Lipinski definition) is 1. The van der Waals surface area contributed by atoms with Gasteiger partial charge in [-0.25, -0.2) is 4.39 Å². The molecule has 1 aliphatic carbocycles. The first-order chi connectivity index (χ1) is 10.1. The van der Waals surface area contributed by atoms with E-state index in [9.17, 15) is 9.18 Å². The molecule has 2 aliphatic rings. The molecule has 0 unspecified atom stereocenters. The number of carbonyl (C=O) groups excluding carboxylic acids is 1. The molecule has 1 amide bonds. The zero-order chi connectivity index (χ0) is 14.9. The highest BCUT2D eigenvalue weighted by Gasteiger charge is 2.43. The normalized spacial score (nSPS) is 21.5. The number of nitrogens with one attached hydrogen (secondary N) is 1. The molecule has 114 valence electrons. The number of rotatable bonds is 1. The number of hydrogen-bond acceptors (Lipinski definition) is 2. The standard InChI is InChI=1S/C16H20BrFN2O/c17-12-5-4-6-13(18)14(12)15(21)20-10-9-19-11-16(20)7-2-1-3-8-16/h4-6,19H,1-3,7-11H2. The fourth-order valence-corrected chi connectivity index (χ4v) is 4.17. The second kappa shape index (κ2) is 6.05.